The van der Waals surface area contributed by atoms with Gasteiger partial charge >= 0.3 is 0 Å². The van der Waals surface area contributed by atoms with Crippen molar-refractivity contribution in [2.24, 2.45) is 0 Å². The first-order chi connectivity index (χ1) is 10.2. The van der Waals surface area contributed by atoms with Gasteiger partial charge in [0.2, 0.25) is 5.91 Å². The van der Waals surface area contributed by atoms with Crippen LogP contribution in [-0.2, 0) is 11.3 Å². The molecule has 21 heavy (non-hydrogen) atoms. The topological polar surface area (TPSA) is 33.2 Å². The number of nitrogens with zero attached hydrogens (tertiary/aromatic N) is 2. The molecule has 4 heteroatoms. The van der Waals surface area contributed by atoms with Crippen LogP contribution in [0.15, 0.2) is 54.9 Å². The number of aromatic nitrogens is 1. The van der Waals surface area contributed by atoms with Gasteiger partial charge in [0.15, 0.2) is 0 Å². The summed E-state index contributed by atoms with van der Waals surface area (Å²) in [4.78, 5) is 18.0. The zero-order valence-corrected chi connectivity index (χ0v) is 12.6. The predicted octanol–water partition coefficient (Wildman–Crippen LogP) is 3.80. The number of likely N-dealkylation sites (N-methyl/N-ethyl adjacent to an activating group) is 1. The van der Waals surface area contributed by atoms with E-state index < -0.39 is 0 Å². The molecule has 0 fully saturated rings. The van der Waals surface area contributed by atoms with Crippen LogP contribution in [0.2, 0.25) is 5.02 Å². The van der Waals surface area contributed by atoms with E-state index in [2.05, 4.69) is 4.98 Å². The largest absolute Gasteiger partial charge is 0.335 e. The van der Waals surface area contributed by atoms with Crippen LogP contribution < -0.4 is 0 Å². The Balaban J connectivity index is 2.05. The number of hydrogen-bond acceptors (Lipinski definition) is 2. The molecule has 0 radical (unpaired) electrons. The second kappa shape index (κ2) is 7.60. The average molecular weight is 301 g/mol. The van der Waals surface area contributed by atoms with Gasteiger partial charge < -0.3 is 4.90 Å². The lowest BCUT2D eigenvalue weighted by atomic mass is 10.2. The first-order valence-corrected chi connectivity index (χ1v) is 7.19. The molecule has 0 spiro atoms. The number of carbonyl (C=O) groups is 1. The highest BCUT2D eigenvalue weighted by Crippen LogP contribution is 2.17. The molecule has 2 rings (SSSR count). The van der Waals surface area contributed by atoms with Crippen molar-refractivity contribution >= 4 is 23.6 Å². The summed E-state index contributed by atoms with van der Waals surface area (Å²) >= 11 is 6.14. The van der Waals surface area contributed by atoms with Crippen molar-refractivity contribution in [2.45, 2.75) is 13.5 Å². The second-order valence-corrected chi connectivity index (χ2v) is 4.97. The van der Waals surface area contributed by atoms with Gasteiger partial charge in [-0.05, 0) is 36.3 Å². The molecule has 108 valence electrons. The maximum atomic E-state index is 12.2. The lowest BCUT2D eigenvalue weighted by molar-refractivity contribution is -0.126. The molecule has 0 unspecified atom stereocenters. The van der Waals surface area contributed by atoms with Gasteiger partial charge in [-0.2, -0.15) is 0 Å². The maximum absolute atomic E-state index is 12.2. The normalized spacial score (nSPS) is 10.8. The Kier molecular flexibility index (Phi) is 5.52. The molecular weight excluding hydrogens is 284 g/mol. The van der Waals surface area contributed by atoms with E-state index in [1.807, 2.05) is 43.3 Å². The third-order valence-corrected chi connectivity index (χ3v) is 3.48. The number of carbonyl (C=O) groups excluding carboxylic acids is 1. The van der Waals surface area contributed by atoms with Crippen molar-refractivity contribution in [3.05, 3.63) is 71.0 Å². The highest BCUT2D eigenvalue weighted by Gasteiger charge is 2.10. The van der Waals surface area contributed by atoms with Gasteiger partial charge in [0.05, 0.1) is 0 Å². The summed E-state index contributed by atoms with van der Waals surface area (Å²) in [6.45, 7) is 3.08. The van der Waals surface area contributed by atoms with E-state index in [4.69, 9.17) is 11.6 Å². The molecule has 0 saturated carbocycles. The Labute approximate surface area is 129 Å². The van der Waals surface area contributed by atoms with Crippen LogP contribution in [-0.4, -0.2) is 22.3 Å². The van der Waals surface area contributed by atoms with Gasteiger partial charge in [0.25, 0.3) is 0 Å². The molecule has 0 atom stereocenters. The minimum absolute atomic E-state index is 0.0405. The van der Waals surface area contributed by atoms with Crippen LogP contribution >= 0.6 is 11.6 Å². The van der Waals surface area contributed by atoms with Crippen LogP contribution in [0.4, 0.5) is 0 Å². The minimum atomic E-state index is -0.0405. The standard InChI is InChI=1S/C17H17ClN2O/c1-2-20(13-15-7-3-4-8-16(15)18)17(21)10-9-14-6-5-11-19-12-14/h3-12H,2,13H2,1H3/b10-9+. The number of rotatable bonds is 5. The van der Waals surface area contributed by atoms with E-state index in [0.717, 1.165) is 11.1 Å². The summed E-state index contributed by atoms with van der Waals surface area (Å²) in [5, 5.41) is 0.681. The maximum Gasteiger partial charge on any atom is 0.246 e. The summed E-state index contributed by atoms with van der Waals surface area (Å²) in [5.41, 5.74) is 1.85. The number of benzene rings is 1. The summed E-state index contributed by atoms with van der Waals surface area (Å²) in [7, 11) is 0. The van der Waals surface area contributed by atoms with Crippen molar-refractivity contribution in [3.63, 3.8) is 0 Å². The molecule has 0 aliphatic heterocycles. The van der Waals surface area contributed by atoms with E-state index in [-0.39, 0.29) is 5.91 Å². The first kappa shape index (κ1) is 15.3. The fourth-order valence-corrected chi connectivity index (χ4v) is 2.12. The number of halogens is 1. The number of pyridine rings is 1. The van der Waals surface area contributed by atoms with Gasteiger partial charge in [-0.3, -0.25) is 9.78 Å². The smallest absolute Gasteiger partial charge is 0.246 e. The molecule has 0 saturated heterocycles. The zero-order chi connectivity index (χ0) is 15.1. The number of amides is 1. The van der Waals surface area contributed by atoms with Crippen molar-refractivity contribution in [2.75, 3.05) is 6.54 Å². The highest BCUT2D eigenvalue weighted by atomic mass is 35.5. The van der Waals surface area contributed by atoms with Crippen molar-refractivity contribution < 1.29 is 4.79 Å². The zero-order valence-electron chi connectivity index (χ0n) is 11.9. The monoisotopic (exact) mass is 300 g/mol. The van der Waals surface area contributed by atoms with E-state index in [1.165, 1.54) is 0 Å². The van der Waals surface area contributed by atoms with E-state index in [0.29, 0.717) is 18.1 Å². The molecule has 0 N–H and O–H groups in total. The third kappa shape index (κ3) is 4.43. The molecule has 3 nitrogen and oxygen atoms in total. The van der Waals surface area contributed by atoms with E-state index in [9.17, 15) is 4.79 Å². The lowest BCUT2D eigenvalue weighted by Gasteiger charge is -2.19. The highest BCUT2D eigenvalue weighted by molar-refractivity contribution is 6.31. The lowest BCUT2D eigenvalue weighted by Crippen LogP contribution is -2.28. The van der Waals surface area contributed by atoms with Crippen molar-refractivity contribution in [3.8, 4) is 0 Å². The molecule has 1 amide bonds. The fraction of sp³-hybridized carbons (Fsp3) is 0.176. The third-order valence-electron chi connectivity index (χ3n) is 3.12. The number of hydrogen-bond donors (Lipinski definition) is 0. The summed E-state index contributed by atoms with van der Waals surface area (Å²) in [5.74, 6) is -0.0405. The second-order valence-electron chi connectivity index (χ2n) is 4.56. The fourth-order valence-electron chi connectivity index (χ4n) is 1.93. The van der Waals surface area contributed by atoms with Crippen LogP contribution in [0.5, 0.6) is 0 Å². The van der Waals surface area contributed by atoms with Gasteiger partial charge in [-0.25, -0.2) is 0 Å². The van der Waals surface area contributed by atoms with E-state index in [1.54, 1.807) is 29.4 Å². The molecule has 0 aliphatic carbocycles. The molecular formula is C17H17ClN2O. The molecule has 2 aromatic rings. The van der Waals surface area contributed by atoms with Crippen LogP contribution in [0, 0.1) is 0 Å². The quantitative estimate of drug-likeness (QED) is 0.787. The molecule has 0 bridgehead atoms. The van der Waals surface area contributed by atoms with Gasteiger partial charge in [-0.1, -0.05) is 35.9 Å². The minimum Gasteiger partial charge on any atom is -0.335 e. The van der Waals surface area contributed by atoms with Gasteiger partial charge in [0.1, 0.15) is 0 Å². The van der Waals surface area contributed by atoms with Crippen LogP contribution in [0.25, 0.3) is 6.08 Å². The van der Waals surface area contributed by atoms with Gasteiger partial charge in [0, 0.05) is 36.6 Å². The Hall–Kier alpha value is -2.13. The van der Waals surface area contributed by atoms with Crippen molar-refractivity contribution in [1.29, 1.82) is 0 Å². The SMILES string of the molecule is CCN(Cc1ccccc1Cl)C(=O)/C=C/c1cccnc1. The van der Waals surface area contributed by atoms with E-state index >= 15 is 0 Å². The van der Waals surface area contributed by atoms with Crippen LogP contribution in [0.1, 0.15) is 18.1 Å². The summed E-state index contributed by atoms with van der Waals surface area (Å²) < 4.78 is 0. The Morgan fingerprint density at radius 2 is 2.10 bits per heavy atom. The molecule has 1 aromatic heterocycles. The predicted molar refractivity (Wildman–Crippen MR) is 85.8 cm³/mol. The Morgan fingerprint density at radius 3 is 2.76 bits per heavy atom. The van der Waals surface area contributed by atoms with Crippen molar-refractivity contribution in [1.82, 2.24) is 9.88 Å². The average Bonchev–Trinajstić information content (AvgIpc) is 2.53. The van der Waals surface area contributed by atoms with Gasteiger partial charge in [-0.15, -0.1) is 0 Å². The molecule has 1 aromatic carbocycles. The first-order valence-electron chi connectivity index (χ1n) is 6.81. The Morgan fingerprint density at radius 1 is 1.29 bits per heavy atom. The molecule has 0 aliphatic rings. The summed E-state index contributed by atoms with van der Waals surface area (Å²) in [6.07, 6.45) is 6.75. The van der Waals surface area contributed by atoms with Crippen LogP contribution in [0.3, 0.4) is 0 Å². The Bertz CT molecular complexity index is 626. The summed E-state index contributed by atoms with van der Waals surface area (Å²) in [6, 6.07) is 11.3. The molecule has 1 heterocycles.